The highest BCUT2D eigenvalue weighted by Crippen LogP contribution is 2.58. The van der Waals surface area contributed by atoms with Crippen molar-refractivity contribution in [3.8, 4) is 183 Å². The van der Waals surface area contributed by atoms with Gasteiger partial charge in [0, 0.05) is 34.4 Å². The Kier molecular flexibility index (Phi) is 21.3. The van der Waals surface area contributed by atoms with E-state index in [2.05, 4.69) is 0 Å². The van der Waals surface area contributed by atoms with E-state index in [9.17, 15) is 167 Å². The molecule has 10 atom stereocenters. The number of aliphatic hydroxyl groups excluding tert-OH is 1. The third kappa shape index (κ3) is 14.8. The van der Waals surface area contributed by atoms with Gasteiger partial charge >= 0.3 is 53.7 Å². The van der Waals surface area contributed by atoms with Gasteiger partial charge in [-0.1, -0.05) is 0 Å². The maximum Gasteiger partial charge on any atom is 0.342 e. The molecule has 2 saturated heterocycles. The Labute approximate surface area is 676 Å². The number of carbonyl (C=O) groups excluding carboxylic acids is 9. The van der Waals surface area contributed by atoms with Gasteiger partial charge in [-0.2, -0.15) is 0 Å². The Balaban J connectivity index is 0.973. The third-order valence-electron chi connectivity index (χ3n) is 18.9. The van der Waals surface area contributed by atoms with Crippen LogP contribution in [0.5, 0.6) is 161 Å². The van der Waals surface area contributed by atoms with E-state index in [4.69, 9.17) is 56.8 Å². The minimum atomic E-state index is -3.12. The van der Waals surface area contributed by atoms with Gasteiger partial charge in [0.1, 0.15) is 31.0 Å². The van der Waals surface area contributed by atoms with Crippen LogP contribution in [0.3, 0.4) is 0 Å². The van der Waals surface area contributed by atoms with Crippen LogP contribution in [0.1, 0.15) is 93.2 Å². The van der Waals surface area contributed by atoms with E-state index in [1.54, 1.807) is 0 Å². The molecule has 0 amide bonds. The van der Waals surface area contributed by atoms with Crippen LogP contribution in [0.15, 0.2) is 78.9 Å². The molecule has 48 heteroatoms. The van der Waals surface area contributed by atoms with Crippen LogP contribution in [-0.2, 0) is 52.1 Å². The molecule has 0 spiro atoms. The number of hydrogen-bond acceptors (Lipinski definition) is 48. The summed E-state index contributed by atoms with van der Waals surface area (Å²) in [7, 11) is 0. The predicted octanol–water partition coefficient (Wildman–Crippen LogP) is 2.75. The largest absolute Gasteiger partial charge is 0.504 e. The number of ether oxygens (including phenoxy) is 12. The molecule has 48 nitrogen and oxygen atoms in total. The Morgan fingerprint density at radius 2 is 0.569 bits per heavy atom. The molecular formula is C75H54O48. The summed E-state index contributed by atoms with van der Waals surface area (Å²) in [6.45, 7) is -2.97. The van der Waals surface area contributed by atoms with Crippen molar-refractivity contribution < 1.29 is 238 Å². The molecule has 0 aliphatic carbocycles. The quantitative estimate of drug-likeness (QED) is 0.0475. The lowest BCUT2D eigenvalue weighted by Gasteiger charge is -2.43. The molecular weight excluding hydrogens is 1670 g/mol. The number of rotatable bonds is 12. The lowest BCUT2D eigenvalue weighted by Crippen LogP contribution is -2.63. The lowest BCUT2D eigenvalue weighted by molar-refractivity contribution is -0.284. The average molecular weight is 1720 g/mol. The van der Waals surface area contributed by atoms with Gasteiger partial charge in [-0.3, -0.25) is 0 Å². The SMILES string of the molecule is O=C(OC1OC2COC(=O)c3cc(O)c(O)c(O)c3-c3c(cc(O)c(O)c3O)C(=O)OC2C(OC(=O)c2cc(O)c(O)c(O)c2)C1OC(=O)c1cc(O)c(O)c(O)c1Oc1cc2c(c(O)c1O)-c1c(cc(O)c(O)c1O)C(=O)OCC1OC(O)C(OC(=O)c3cc(O)c(O)c(O)c3)C(OC(=O)c3cc(O)c(O)c(O)c3)C1OC2=O)c1cc(O)c(O)c(O)c1. The number of fused-ring (bicyclic) bond motifs is 8. The minimum Gasteiger partial charge on any atom is -0.504 e. The molecule has 4 heterocycles. The van der Waals surface area contributed by atoms with E-state index in [1.165, 1.54) is 0 Å². The highest BCUT2D eigenvalue weighted by molar-refractivity contribution is 6.10. The number of esters is 9. The third-order valence-corrected chi connectivity index (χ3v) is 18.9. The monoisotopic (exact) mass is 1720 g/mol. The first-order valence-corrected chi connectivity index (χ1v) is 34.1. The fraction of sp³-hybridized carbons (Fsp3) is 0.160. The second kappa shape index (κ2) is 31.3. The molecule has 9 aromatic carbocycles. The maximum atomic E-state index is 15.6. The van der Waals surface area contributed by atoms with Crippen LogP contribution in [0.4, 0.5) is 0 Å². The van der Waals surface area contributed by atoms with Gasteiger partial charge in [-0.15, -0.1) is 0 Å². The summed E-state index contributed by atoms with van der Waals surface area (Å²) < 4.78 is 67.9. The van der Waals surface area contributed by atoms with Crippen LogP contribution in [0.2, 0.25) is 0 Å². The van der Waals surface area contributed by atoms with E-state index in [0.717, 1.165) is 0 Å². The molecule has 27 N–H and O–H groups in total. The van der Waals surface area contributed by atoms with Gasteiger partial charge in [-0.05, 0) is 66.7 Å². The van der Waals surface area contributed by atoms with E-state index < -0.39 is 362 Å². The number of phenols is 26. The van der Waals surface area contributed by atoms with E-state index in [1.807, 2.05) is 0 Å². The van der Waals surface area contributed by atoms with Gasteiger partial charge in [0.15, 0.2) is 163 Å². The highest BCUT2D eigenvalue weighted by atomic mass is 16.8. The Bertz CT molecular complexity index is 5970. The van der Waals surface area contributed by atoms with Crippen molar-refractivity contribution in [2.75, 3.05) is 13.2 Å². The number of aromatic hydroxyl groups is 26. The number of phenolic OH excluding ortho intramolecular Hbond substituents is 26. The summed E-state index contributed by atoms with van der Waals surface area (Å²) in [5.41, 5.74) is -16.3. The number of carbonyl (C=O) groups is 9. The number of benzene rings is 9. The first kappa shape index (κ1) is 83.6. The number of aliphatic hydroxyl groups is 1. The molecule has 9 aromatic rings. The van der Waals surface area contributed by atoms with E-state index >= 15 is 14.4 Å². The van der Waals surface area contributed by atoms with Crippen LogP contribution < -0.4 is 4.74 Å². The first-order chi connectivity index (χ1) is 57.9. The summed E-state index contributed by atoms with van der Waals surface area (Å²) in [4.78, 5) is 132. The Hall–Kier alpha value is -17.3. The van der Waals surface area contributed by atoms with Gasteiger partial charge in [0.05, 0.1) is 44.5 Å². The molecule has 0 aromatic heterocycles. The fourth-order valence-corrected chi connectivity index (χ4v) is 12.9. The molecule has 642 valence electrons. The Morgan fingerprint density at radius 1 is 0.285 bits per heavy atom. The molecule has 0 bridgehead atoms. The summed E-state index contributed by atoms with van der Waals surface area (Å²) in [6.07, 6.45) is -27.7. The standard InChI is InChI=1S/C75H54O48/c76-25-1-16(2-26(77)44(25)88)65(102)119-61-59-38(115-74(111)63(61)121-67(104)18-5-29(80)46(90)30(81)6-18)14-112-69(106)21-10-34(85)49(93)54(98)41(21)43-23(72(109)117-59)13-37(52(96)56(43)100)114-58-24(12-36(87)51(95)57(58)101)73(110)122-64-62(120-66(103)17-3-27(78)45(89)28(79)4-17)60-39(116-75(64)123-68(105)19-7-31(82)47(91)32(83)8-19)15-113-70(107)20-9-33(84)48(92)53(97)40(20)42-22(71(108)118-60)11-35(86)50(94)55(42)99/h1-13,38-39,59-64,74-101,111H,14-15H2. The molecule has 2 fully saturated rings. The molecule has 0 saturated carbocycles. The summed E-state index contributed by atoms with van der Waals surface area (Å²) in [6, 6.07) is 4.39. The summed E-state index contributed by atoms with van der Waals surface area (Å²) >= 11 is 0. The lowest BCUT2D eigenvalue weighted by atomic mass is 9.91. The maximum absolute atomic E-state index is 15.6. The predicted molar refractivity (Wildman–Crippen MR) is 380 cm³/mol. The van der Waals surface area contributed by atoms with Crippen molar-refractivity contribution >= 4 is 53.7 Å². The molecule has 123 heavy (non-hydrogen) atoms. The molecule has 4 aliphatic heterocycles. The zero-order valence-electron chi connectivity index (χ0n) is 60.3. The van der Waals surface area contributed by atoms with Crippen molar-refractivity contribution in [2.45, 2.75) is 61.4 Å². The van der Waals surface area contributed by atoms with Crippen molar-refractivity contribution in [3.63, 3.8) is 0 Å². The van der Waals surface area contributed by atoms with Crippen LogP contribution in [-0.4, -0.2) is 266 Å². The molecule has 4 aliphatic rings. The van der Waals surface area contributed by atoms with Crippen molar-refractivity contribution in [1.29, 1.82) is 0 Å². The van der Waals surface area contributed by atoms with Gasteiger partial charge in [-0.25, -0.2) is 43.2 Å². The second-order valence-corrected chi connectivity index (χ2v) is 26.5. The average Bonchev–Trinajstić information content (AvgIpc) is 1.61. The van der Waals surface area contributed by atoms with Gasteiger partial charge in [0.2, 0.25) is 46.9 Å². The second-order valence-electron chi connectivity index (χ2n) is 26.5. The number of cyclic esters (lactones) is 2. The first-order valence-electron chi connectivity index (χ1n) is 34.1. The van der Waals surface area contributed by atoms with Crippen molar-refractivity contribution in [1.82, 2.24) is 0 Å². The van der Waals surface area contributed by atoms with Crippen molar-refractivity contribution in [2.24, 2.45) is 0 Å². The van der Waals surface area contributed by atoms with Crippen LogP contribution >= 0.6 is 0 Å². The fourth-order valence-electron chi connectivity index (χ4n) is 12.9. The topological polar surface area (TPSA) is 811 Å². The van der Waals surface area contributed by atoms with E-state index in [-0.39, 0.29) is 18.2 Å². The minimum absolute atomic E-state index is 0.0625. The smallest absolute Gasteiger partial charge is 0.342 e. The summed E-state index contributed by atoms with van der Waals surface area (Å²) in [5.74, 6) is -59.2. The zero-order valence-corrected chi connectivity index (χ0v) is 60.3. The summed E-state index contributed by atoms with van der Waals surface area (Å²) in [5, 5.41) is 294. The van der Waals surface area contributed by atoms with E-state index in [0.29, 0.717) is 60.7 Å². The molecule has 0 radical (unpaired) electrons. The van der Waals surface area contributed by atoms with Crippen LogP contribution in [0, 0.1) is 0 Å². The molecule has 10 unspecified atom stereocenters. The van der Waals surface area contributed by atoms with Crippen LogP contribution in [0.25, 0.3) is 22.3 Å². The van der Waals surface area contributed by atoms with Crippen molar-refractivity contribution in [3.05, 3.63) is 129 Å². The zero-order chi connectivity index (χ0) is 89.7. The number of hydrogen-bond donors (Lipinski definition) is 27. The Morgan fingerprint density at radius 3 is 0.943 bits per heavy atom. The molecule has 13 rings (SSSR count). The van der Waals surface area contributed by atoms with Gasteiger partial charge < -0.3 is 195 Å². The van der Waals surface area contributed by atoms with Gasteiger partial charge in [0.25, 0.3) is 0 Å². The normalized spacial score (nSPS) is 19.8. The highest BCUT2D eigenvalue weighted by Gasteiger charge is 2.57.